The quantitative estimate of drug-likeness (QED) is 0.311. The van der Waals surface area contributed by atoms with Crippen molar-refractivity contribution < 1.29 is 13.9 Å². The van der Waals surface area contributed by atoms with Crippen LogP contribution in [0.25, 0.3) is 32.1 Å². The Hall–Kier alpha value is -2.92. The molecule has 5 aliphatic heterocycles. The third-order valence-electron chi connectivity index (χ3n) is 10.3. The van der Waals surface area contributed by atoms with Gasteiger partial charge in [0, 0.05) is 28.9 Å². The molecular weight excluding hydrogens is 575 g/mol. The minimum Gasteiger partial charge on any atom is -0.489 e. The lowest BCUT2D eigenvalue weighted by atomic mass is 9.95. The van der Waals surface area contributed by atoms with E-state index in [-0.39, 0.29) is 39.7 Å². The molecule has 2 aromatic carbocycles. The van der Waals surface area contributed by atoms with E-state index < -0.39 is 5.82 Å². The second-order valence-corrected chi connectivity index (χ2v) is 14.1. The number of fused-ring (bicyclic) bond motifs is 7. The smallest absolute Gasteiger partial charge is 0.319 e. The van der Waals surface area contributed by atoms with E-state index in [0.29, 0.717) is 46.8 Å². The first-order valence-electron chi connectivity index (χ1n) is 15.0. The van der Waals surface area contributed by atoms with Crippen molar-refractivity contribution in [3.63, 3.8) is 0 Å². The van der Waals surface area contributed by atoms with Gasteiger partial charge in [0.2, 0.25) is 0 Å². The summed E-state index contributed by atoms with van der Waals surface area (Å²) in [6.45, 7) is 3.92. The number of aromatic nitrogens is 2. The predicted octanol–water partition coefficient (Wildman–Crippen LogP) is 5.60. The van der Waals surface area contributed by atoms with Crippen molar-refractivity contribution in [3.05, 3.63) is 35.1 Å². The Balaban J connectivity index is 1.22. The summed E-state index contributed by atoms with van der Waals surface area (Å²) in [6.07, 6.45) is 6.74. The van der Waals surface area contributed by atoms with Gasteiger partial charge in [0.15, 0.2) is 11.6 Å². The Morgan fingerprint density at radius 2 is 2.05 bits per heavy atom. The van der Waals surface area contributed by atoms with Gasteiger partial charge in [-0.05, 0) is 80.8 Å². The predicted molar refractivity (Wildman–Crippen MR) is 165 cm³/mol. The summed E-state index contributed by atoms with van der Waals surface area (Å²) in [5, 5.41) is 6.17. The molecular formula is C31H32ClFN6O2S. The van der Waals surface area contributed by atoms with Crippen LogP contribution in [0, 0.1) is 5.82 Å². The molecule has 2 aromatic heterocycles. The molecule has 3 atom stereocenters. The minimum atomic E-state index is -0.489. The average Bonchev–Trinajstić information content (AvgIpc) is 3.73. The lowest BCUT2D eigenvalue weighted by molar-refractivity contribution is 0.108. The van der Waals surface area contributed by atoms with Gasteiger partial charge in [-0.25, -0.2) is 4.39 Å². The highest BCUT2D eigenvalue weighted by molar-refractivity contribution is 7.22. The molecule has 0 radical (unpaired) electrons. The molecule has 11 heteroatoms. The first-order chi connectivity index (χ1) is 20.5. The van der Waals surface area contributed by atoms with Gasteiger partial charge in [0.25, 0.3) is 0 Å². The van der Waals surface area contributed by atoms with Gasteiger partial charge in [0.05, 0.1) is 27.0 Å². The fraction of sp³-hybridized carbons (Fsp3) is 0.484. The van der Waals surface area contributed by atoms with E-state index in [1.54, 1.807) is 0 Å². The zero-order valence-electron chi connectivity index (χ0n) is 23.2. The van der Waals surface area contributed by atoms with Crippen molar-refractivity contribution in [2.24, 2.45) is 0 Å². The van der Waals surface area contributed by atoms with Crippen LogP contribution in [0.4, 0.5) is 15.2 Å². The number of benzene rings is 2. The highest BCUT2D eigenvalue weighted by atomic mass is 35.5. The topological polar surface area (TPSA) is 88.8 Å². The number of ether oxygens (including phenoxy) is 2. The SMILES string of the molecule is Nc1cc2cc(-c3c(Cl)c4c5c(nc(OCC67CCCN6CCC7)nc5c3F)N3C[C@H]5CC[C@H](N5)[C@H]3CO4)ccc2s1. The number of nitrogen functional groups attached to an aromatic ring is 1. The van der Waals surface area contributed by atoms with Gasteiger partial charge in [0.1, 0.15) is 24.5 Å². The molecule has 9 rings (SSSR count). The van der Waals surface area contributed by atoms with Crippen molar-refractivity contribution >= 4 is 54.7 Å². The van der Waals surface area contributed by atoms with Crippen molar-refractivity contribution in [1.29, 1.82) is 0 Å². The van der Waals surface area contributed by atoms with Crippen LogP contribution < -0.4 is 25.4 Å². The van der Waals surface area contributed by atoms with Crippen LogP contribution in [0.1, 0.15) is 38.5 Å². The normalized spacial score (nSPS) is 26.0. The van der Waals surface area contributed by atoms with Gasteiger partial charge in [-0.1, -0.05) is 17.7 Å². The number of hydrogen-bond donors (Lipinski definition) is 2. The summed E-state index contributed by atoms with van der Waals surface area (Å²) in [5.74, 6) is 0.610. The molecule has 2 bridgehead atoms. The largest absolute Gasteiger partial charge is 0.489 e. The Morgan fingerprint density at radius 1 is 1.19 bits per heavy atom. The van der Waals surface area contributed by atoms with Crippen molar-refractivity contribution in [3.8, 4) is 22.9 Å². The second-order valence-electron chi connectivity index (χ2n) is 12.6. The van der Waals surface area contributed by atoms with E-state index in [2.05, 4.69) is 15.1 Å². The number of nitrogens with zero attached hydrogens (tertiary/aromatic N) is 4. The number of nitrogens with one attached hydrogen (secondary N) is 1. The summed E-state index contributed by atoms with van der Waals surface area (Å²) in [4.78, 5) is 14.6. The van der Waals surface area contributed by atoms with Gasteiger partial charge >= 0.3 is 6.01 Å². The molecule has 4 saturated heterocycles. The van der Waals surface area contributed by atoms with Crippen LogP contribution in [0.3, 0.4) is 0 Å². The molecule has 8 nitrogen and oxygen atoms in total. The third-order valence-corrected chi connectivity index (χ3v) is 11.6. The average molecular weight is 607 g/mol. The number of rotatable bonds is 4. The maximum Gasteiger partial charge on any atom is 0.319 e. The number of anilines is 2. The monoisotopic (exact) mass is 606 g/mol. The Kier molecular flexibility index (Phi) is 5.65. The van der Waals surface area contributed by atoms with E-state index in [4.69, 9.17) is 36.8 Å². The molecule has 0 amide bonds. The summed E-state index contributed by atoms with van der Waals surface area (Å²) in [5.41, 5.74) is 7.20. The highest BCUT2D eigenvalue weighted by Crippen LogP contribution is 2.50. The molecule has 42 heavy (non-hydrogen) atoms. The number of piperazine rings is 1. The van der Waals surface area contributed by atoms with Gasteiger partial charge in [-0.15, -0.1) is 11.3 Å². The van der Waals surface area contributed by atoms with E-state index in [9.17, 15) is 0 Å². The molecule has 3 N–H and O–H groups in total. The van der Waals surface area contributed by atoms with E-state index in [0.717, 1.165) is 55.4 Å². The minimum absolute atomic E-state index is 0.0267. The van der Waals surface area contributed by atoms with Crippen molar-refractivity contribution in [2.75, 3.05) is 43.5 Å². The lowest BCUT2D eigenvalue weighted by Gasteiger charge is -2.40. The molecule has 7 heterocycles. The van der Waals surface area contributed by atoms with Crippen LogP contribution in [-0.4, -0.2) is 71.4 Å². The Labute approximate surface area is 251 Å². The molecule has 0 unspecified atom stereocenters. The summed E-state index contributed by atoms with van der Waals surface area (Å²) in [7, 11) is 0. The fourth-order valence-corrected chi connectivity index (χ4v) is 9.43. The Bertz CT molecular complexity index is 1760. The van der Waals surface area contributed by atoms with E-state index in [1.807, 2.05) is 24.3 Å². The van der Waals surface area contributed by atoms with Crippen molar-refractivity contribution in [1.82, 2.24) is 20.2 Å². The maximum atomic E-state index is 16.9. The van der Waals surface area contributed by atoms with Crippen molar-refractivity contribution in [2.45, 2.75) is 62.2 Å². The third kappa shape index (κ3) is 3.71. The van der Waals surface area contributed by atoms with Crippen LogP contribution in [0.2, 0.25) is 5.02 Å². The highest BCUT2D eigenvalue weighted by Gasteiger charge is 2.46. The number of thiophene rings is 1. The van der Waals surface area contributed by atoms with Crippen LogP contribution in [0.15, 0.2) is 24.3 Å². The zero-order chi connectivity index (χ0) is 28.2. The number of hydrogen-bond acceptors (Lipinski definition) is 9. The van der Waals surface area contributed by atoms with E-state index >= 15 is 4.39 Å². The van der Waals surface area contributed by atoms with Crippen LogP contribution in [-0.2, 0) is 0 Å². The van der Waals surface area contributed by atoms with Gasteiger partial charge in [-0.2, -0.15) is 9.97 Å². The molecule has 0 saturated carbocycles. The molecule has 218 valence electrons. The number of nitrogens with two attached hydrogens (primary N) is 1. The van der Waals surface area contributed by atoms with Crippen LogP contribution in [0.5, 0.6) is 11.8 Å². The first kappa shape index (κ1) is 25.6. The molecule has 4 aromatic rings. The first-order valence-corrected chi connectivity index (χ1v) is 16.2. The zero-order valence-corrected chi connectivity index (χ0v) is 24.7. The lowest BCUT2D eigenvalue weighted by Crippen LogP contribution is -2.60. The summed E-state index contributed by atoms with van der Waals surface area (Å²) in [6, 6.07) is 8.58. The molecule has 4 fully saturated rings. The summed E-state index contributed by atoms with van der Waals surface area (Å²) >= 11 is 8.58. The van der Waals surface area contributed by atoms with Crippen LogP contribution >= 0.6 is 22.9 Å². The van der Waals surface area contributed by atoms with Gasteiger partial charge < -0.3 is 25.4 Å². The maximum absolute atomic E-state index is 16.9. The Morgan fingerprint density at radius 3 is 2.90 bits per heavy atom. The van der Waals surface area contributed by atoms with E-state index in [1.165, 1.54) is 24.2 Å². The number of halogens is 2. The van der Waals surface area contributed by atoms with Gasteiger partial charge in [-0.3, -0.25) is 4.90 Å². The molecule has 0 aliphatic carbocycles. The second kappa shape index (κ2) is 9.29. The molecule has 0 spiro atoms. The molecule has 5 aliphatic rings. The standard InChI is InChI=1S/C31H32ClFN6O2S/c32-25-23(16-3-6-21-17(11-16)12-22(34)42-21)26(33)27-24-28(25)40-14-20-19-5-4-18(35-19)13-39(20)29(24)37-30(36-27)41-15-31-7-1-9-38(31)10-2-8-31/h3,6,11-12,18-20,35H,1-2,4-5,7-10,13-15,34H2/t18-,19+,20-/m1/s1. The summed E-state index contributed by atoms with van der Waals surface area (Å²) < 4.78 is 30.8. The fourth-order valence-electron chi connectivity index (χ4n) is 8.28.